The summed E-state index contributed by atoms with van der Waals surface area (Å²) in [7, 11) is 1.65. The third kappa shape index (κ3) is 3.51. The number of nitrogens with one attached hydrogen (secondary N) is 2. The molecule has 0 aliphatic rings. The molecule has 3 rings (SSSR count). The number of hydrogen-bond donors (Lipinski definition) is 2. The minimum absolute atomic E-state index is 0.576. The number of para-hydroxylation sites is 1. The summed E-state index contributed by atoms with van der Waals surface area (Å²) in [6.45, 7) is 3.01. The minimum Gasteiger partial charge on any atom is -0.497 e. The van der Waals surface area contributed by atoms with Crippen LogP contribution in [0.5, 0.6) is 5.75 Å². The molecule has 1 heterocycles. The smallest absolute Gasteiger partial charge is 0.229 e. The molecule has 2 aromatic carbocycles. The van der Waals surface area contributed by atoms with Crippen LogP contribution in [0.3, 0.4) is 0 Å². The van der Waals surface area contributed by atoms with E-state index in [0.29, 0.717) is 5.95 Å². The summed E-state index contributed by atoms with van der Waals surface area (Å²) in [6, 6.07) is 15.7. The second-order valence-corrected chi connectivity index (χ2v) is 5.19. The van der Waals surface area contributed by atoms with Crippen LogP contribution in [0.4, 0.5) is 17.5 Å². The zero-order valence-electron chi connectivity index (χ0n) is 13.3. The van der Waals surface area contributed by atoms with E-state index >= 15 is 0 Å². The van der Waals surface area contributed by atoms with Crippen molar-refractivity contribution in [2.24, 2.45) is 0 Å². The molecule has 5 heteroatoms. The number of hydrogen-bond acceptors (Lipinski definition) is 5. The molecule has 1 aromatic heterocycles. The fourth-order valence-corrected chi connectivity index (χ4v) is 2.31. The fourth-order valence-electron chi connectivity index (χ4n) is 2.31. The van der Waals surface area contributed by atoms with Crippen LogP contribution >= 0.6 is 0 Å². The van der Waals surface area contributed by atoms with Crippen LogP contribution in [0.25, 0.3) is 10.9 Å². The van der Waals surface area contributed by atoms with Crippen molar-refractivity contribution < 1.29 is 4.74 Å². The third-order valence-corrected chi connectivity index (χ3v) is 3.49. The Hall–Kier alpha value is -2.82. The molecule has 0 saturated heterocycles. The Morgan fingerprint density at radius 3 is 2.52 bits per heavy atom. The fraction of sp³-hybridized carbons (Fsp3) is 0.222. The van der Waals surface area contributed by atoms with Crippen LogP contribution in [-0.2, 0) is 0 Å². The molecule has 0 bridgehead atoms. The molecule has 0 radical (unpaired) electrons. The van der Waals surface area contributed by atoms with Crippen molar-refractivity contribution >= 4 is 28.4 Å². The van der Waals surface area contributed by atoms with E-state index in [4.69, 9.17) is 4.74 Å². The van der Waals surface area contributed by atoms with Crippen molar-refractivity contribution in [3.8, 4) is 5.75 Å². The summed E-state index contributed by atoms with van der Waals surface area (Å²) < 4.78 is 5.17. The molecular formula is C18H20N4O. The number of ether oxygens (including phenoxy) is 1. The second-order valence-electron chi connectivity index (χ2n) is 5.19. The zero-order chi connectivity index (χ0) is 16.1. The van der Waals surface area contributed by atoms with E-state index < -0.39 is 0 Å². The Morgan fingerprint density at radius 2 is 1.78 bits per heavy atom. The lowest BCUT2D eigenvalue weighted by Gasteiger charge is -2.11. The van der Waals surface area contributed by atoms with Crippen molar-refractivity contribution in [3.05, 3.63) is 48.5 Å². The van der Waals surface area contributed by atoms with Crippen molar-refractivity contribution in [2.75, 3.05) is 24.3 Å². The summed E-state index contributed by atoms with van der Waals surface area (Å²) in [5, 5.41) is 7.65. The van der Waals surface area contributed by atoms with Crippen molar-refractivity contribution in [3.63, 3.8) is 0 Å². The van der Waals surface area contributed by atoms with Gasteiger partial charge in [0.2, 0.25) is 5.95 Å². The van der Waals surface area contributed by atoms with Gasteiger partial charge in [0.15, 0.2) is 0 Å². The summed E-state index contributed by atoms with van der Waals surface area (Å²) in [4.78, 5) is 9.20. The Bertz CT molecular complexity index is 787. The van der Waals surface area contributed by atoms with Crippen LogP contribution in [-0.4, -0.2) is 23.6 Å². The number of rotatable bonds is 6. The van der Waals surface area contributed by atoms with Gasteiger partial charge >= 0.3 is 0 Å². The van der Waals surface area contributed by atoms with Gasteiger partial charge in [-0.3, -0.25) is 0 Å². The maximum atomic E-state index is 5.17. The Labute approximate surface area is 135 Å². The highest BCUT2D eigenvalue weighted by molar-refractivity contribution is 5.90. The average molecular weight is 308 g/mol. The number of benzene rings is 2. The first kappa shape index (κ1) is 15.1. The number of fused-ring (bicyclic) bond motifs is 1. The monoisotopic (exact) mass is 308 g/mol. The number of anilines is 3. The molecule has 118 valence electrons. The molecule has 0 amide bonds. The van der Waals surface area contributed by atoms with Gasteiger partial charge in [-0.1, -0.05) is 19.1 Å². The topological polar surface area (TPSA) is 59.1 Å². The summed E-state index contributed by atoms with van der Waals surface area (Å²) in [6.07, 6.45) is 1.04. The van der Waals surface area contributed by atoms with Crippen LogP contribution in [0.15, 0.2) is 48.5 Å². The van der Waals surface area contributed by atoms with Gasteiger partial charge in [0.25, 0.3) is 0 Å². The highest BCUT2D eigenvalue weighted by atomic mass is 16.5. The Kier molecular flexibility index (Phi) is 4.57. The summed E-state index contributed by atoms with van der Waals surface area (Å²) >= 11 is 0. The van der Waals surface area contributed by atoms with E-state index in [1.54, 1.807) is 7.11 Å². The van der Waals surface area contributed by atoms with Crippen molar-refractivity contribution in [1.29, 1.82) is 0 Å². The third-order valence-electron chi connectivity index (χ3n) is 3.49. The highest BCUT2D eigenvalue weighted by Crippen LogP contribution is 2.24. The number of methoxy groups -OCH3 is 1. The van der Waals surface area contributed by atoms with Gasteiger partial charge in [0.1, 0.15) is 11.6 Å². The first-order valence-electron chi connectivity index (χ1n) is 7.72. The molecule has 0 aliphatic heterocycles. The van der Waals surface area contributed by atoms with Crippen LogP contribution in [0.1, 0.15) is 13.3 Å². The predicted molar refractivity (Wildman–Crippen MR) is 94.6 cm³/mol. The first-order chi connectivity index (χ1) is 11.3. The molecule has 23 heavy (non-hydrogen) atoms. The highest BCUT2D eigenvalue weighted by Gasteiger charge is 2.07. The zero-order valence-corrected chi connectivity index (χ0v) is 13.3. The van der Waals surface area contributed by atoms with E-state index in [2.05, 4.69) is 27.5 Å². The van der Waals surface area contributed by atoms with Crippen LogP contribution < -0.4 is 15.4 Å². The molecule has 5 nitrogen and oxygen atoms in total. The Morgan fingerprint density at radius 1 is 1.00 bits per heavy atom. The molecular weight excluding hydrogens is 288 g/mol. The average Bonchev–Trinajstić information content (AvgIpc) is 2.60. The standard InChI is InChI=1S/C18H20N4O/c1-3-12-19-17-15-6-4-5-7-16(15)21-18(22-17)20-13-8-10-14(23-2)11-9-13/h4-11H,3,12H2,1-2H3,(H2,19,20,21,22). The number of aromatic nitrogens is 2. The van der Waals surface area contributed by atoms with Crippen LogP contribution in [0.2, 0.25) is 0 Å². The lowest BCUT2D eigenvalue weighted by molar-refractivity contribution is 0.415. The molecule has 3 aromatic rings. The van der Waals surface area contributed by atoms with Crippen LogP contribution in [0, 0.1) is 0 Å². The first-order valence-corrected chi connectivity index (χ1v) is 7.72. The van der Waals surface area contributed by atoms with Gasteiger partial charge in [-0.05, 0) is 42.8 Å². The van der Waals surface area contributed by atoms with E-state index in [1.807, 2.05) is 48.5 Å². The molecule has 0 unspecified atom stereocenters. The van der Waals surface area contributed by atoms with Gasteiger partial charge in [-0.2, -0.15) is 4.98 Å². The molecule has 2 N–H and O–H groups in total. The molecule has 0 spiro atoms. The van der Waals surface area contributed by atoms with Gasteiger partial charge in [-0.25, -0.2) is 4.98 Å². The van der Waals surface area contributed by atoms with Gasteiger partial charge in [0.05, 0.1) is 12.6 Å². The van der Waals surface area contributed by atoms with Gasteiger partial charge < -0.3 is 15.4 Å². The SMILES string of the molecule is CCCNc1nc(Nc2ccc(OC)cc2)nc2ccccc12. The van der Waals surface area contributed by atoms with Gasteiger partial charge in [0, 0.05) is 17.6 Å². The molecule has 0 fully saturated rings. The lowest BCUT2D eigenvalue weighted by Crippen LogP contribution is -2.06. The van der Waals surface area contributed by atoms with E-state index in [1.165, 1.54) is 0 Å². The van der Waals surface area contributed by atoms with Gasteiger partial charge in [-0.15, -0.1) is 0 Å². The molecule has 0 aliphatic carbocycles. The molecule has 0 saturated carbocycles. The predicted octanol–water partition coefficient (Wildman–Crippen LogP) is 4.20. The Balaban J connectivity index is 1.93. The van der Waals surface area contributed by atoms with E-state index in [9.17, 15) is 0 Å². The normalized spacial score (nSPS) is 10.5. The maximum absolute atomic E-state index is 5.17. The van der Waals surface area contributed by atoms with E-state index in [0.717, 1.165) is 41.1 Å². The van der Waals surface area contributed by atoms with E-state index in [-0.39, 0.29) is 0 Å². The largest absolute Gasteiger partial charge is 0.497 e. The van der Waals surface area contributed by atoms with Crippen molar-refractivity contribution in [1.82, 2.24) is 9.97 Å². The second kappa shape index (κ2) is 6.96. The minimum atomic E-state index is 0.576. The van der Waals surface area contributed by atoms with Crippen molar-refractivity contribution in [2.45, 2.75) is 13.3 Å². The lowest BCUT2D eigenvalue weighted by atomic mass is 10.2. The quantitative estimate of drug-likeness (QED) is 0.714. The summed E-state index contributed by atoms with van der Waals surface area (Å²) in [5.74, 6) is 2.25. The summed E-state index contributed by atoms with van der Waals surface area (Å²) in [5.41, 5.74) is 1.83. The number of nitrogens with zero attached hydrogens (tertiary/aromatic N) is 2. The maximum Gasteiger partial charge on any atom is 0.229 e. The molecule has 0 atom stereocenters.